The average Bonchev–Trinajstić information content (AvgIpc) is 3.17. The summed E-state index contributed by atoms with van der Waals surface area (Å²) in [4.78, 5) is 0. The summed E-state index contributed by atoms with van der Waals surface area (Å²) in [5.41, 5.74) is 0. The van der Waals surface area contributed by atoms with Crippen LogP contribution in [0.5, 0.6) is 0 Å². The first-order valence-electron chi connectivity index (χ1n) is 24.9. The van der Waals surface area contributed by atoms with Crippen LogP contribution in [0.3, 0.4) is 0 Å². The van der Waals surface area contributed by atoms with Crippen molar-refractivity contribution < 1.29 is 27.7 Å². The largest absolute Gasteiger partial charge is 0.505 e. The van der Waals surface area contributed by atoms with E-state index in [2.05, 4.69) is 69.6 Å². The number of hydrogen-bond acceptors (Lipinski definition) is 6. The highest BCUT2D eigenvalue weighted by Gasteiger charge is 2.54. The fourth-order valence-corrected chi connectivity index (χ4v) is 25.3. The smallest absolute Gasteiger partial charge is 0.413 e. The van der Waals surface area contributed by atoms with Gasteiger partial charge in [0, 0.05) is 25.0 Å². The van der Waals surface area contributed by atoms with Gasteiger partial charge in [-0.3, -0.25) is 0 Å². The molecule has 0 spiro atoms. The zero-order valence-corrected chi connectivity index (χ0v) is 43.4. The van der Waals surface area contributed by atoms with E-state index in [1.165, 1.54) is 179 Å². The Bertz CT molecular complexity index is 946. The molecule has 0 atom stereocenters. The van der Waals surface area contributed by atoms with Gasteiger partial charge < -0.3 is 27.7 Å². The van der Waals surface area contributed by atoms with Crippen molar-refractivity contribution in [3.63, 3.8) is 0 Å². The molecule has 1 aromatic rings. The van der Waals surface area contributed by atoms with Gasteiger partial charge >= 0.3 is 8.80 Å². The van der Waals surface area contributed by atoms with Crippen molar-refractivity contribution >= 4 is 38.9 Å². The minimum atomic E-state index is -3.24. The molecule has 0 fully saturated rings. The molecular weight excluding hydrogens is 785 g/mol. The van der Waals surface area contributed by atoms with Gasteiger partial charge in [0.1, 0.15) is 0 Å². The Morgan fingerprint density at radius 2 is 0.517 bits per heavy atom. The van der Waals surface area contributed by atoms with Crippen LogP contribution in [0.1, 0.15) is 193 Å². The number of benzene rings is 1. The van der Waals surface area contributed by atoms with E-state index in [0.717, 1.165) is 37.4 Å². The molecule has 0 aliphatic rings. The van der Waals surface area contributed by atoms with Crippen molar-refractivity contribution in [2.24, 2.45) is 0 Å². The van der Waals surface area contributed by atoms with Gasteiger partial charge in [0.05, 0.1) is 0 Å². The molecule has 6 nitrogen and oxygen atoms in total. The molecule has 0 saturated carbocycles. The van der Waals surface area contributed by atoms with E-state index >= 15 is 0 Å². The van der Waals surface area contributed by atoms with Gasteiger partial charge in [-0.15, -0.1) is 0 Å². The van der Waals surface area contributed by atoms with Crippen LogP contribution in [0.25, 0.3) is 0 Å². The van der Waals surface area contributed by atoms with Crippen LogP contribution < -0.4 is 5.19 Å². The summed E-state index contributed by atoms with van der Waals surface area (Å²) in [5, 5.41) is 28.2. The molecule has 0 amide bonds. The predicted octanol–water partition coefficient (Wildman–Crippen LogP) is 14.2. The van der Waals surface area contributed by atoms with E-state index in [9.17, 15) is 0 Å². The van der Waals surface area contributed by atoms with E-state index in [0.29, 0.717) is 19.8 Å². The summed E-state index contributed by atoms with van der Waals surface area (Å²) in [5.74, 6) is 0. The second-order valence-corrected chi connectivity index (χ2v) is 35.7. The van der Waals surface area contributed by atoms with Gasteiger partial charge in [-0.2, -0.15) is 0 Å². The molecule has 0 bridgehead atoms. The molecule has 0 aromatic heterocycles. The van der Waals surface area contributed by atoms with Crippen molar-refractivity contribution in [2.45, 2.75) is 250 Å². The molecule has 0 aliphatic carbocycles. The van der Waals surface area contributed by atoms with Crippen LogP contribution in [-0.2, 0) is 12.3 Å². The highest BCUT2D eigenvalue weighted by atomic mass is 28.5. The third kappa shape index (κ3) is 30.8. The van der Waals surface area contributed by atoms with Gasteiger partial charge in [-0.05, 0) is 76.7 Å². The van der Waals surface area contributed by atoms with E-state index in [1.807, 2.05) is 0 Å². The van der Waals surface area contributed by atoms with Crippen LogP contribution in [-0.4, -0.2) is 68.9 Å². The monoisotopic (exact) mass is 883 g/mol. The lowest BCUT2D eigenvalue weighted by Crippen LogP contribution is -2.68. The molecule has 1 rings (SSSR count). The van der Waals surface area contributed by atoms with Crippen molar-refractivity contribution in [1.29, 1.82) is 0 Å². The van der Waals surface area contributed by atoms with Gasteiger partial charge in [-0.25, -0.2) is 0 Å². The summed E-state index contributed by atoms with van der Waals surface area (Å²) in [6.45, 7) is 15.6. The van der Waals surface area contributed by atoms with Crippen molar-refractivity contribution in [3.8, 4) is 0 Å². The molecule has 3 N–H and O–H groups in total. The molecule has 0 unspecified atom stereocenters. The number of aliphatic hydroxyl groups is 3. The Morgan fingerprint density at radius 1 is 0.310 bits per heavy atom. The lowest BCUT2D eigenvalue weighted by Gasteiger charge is -2.45. The minimum absolute atomic E-state index is 0.333. The quantitative estimate of drug-likeness (QED) is 0.0447. The highest BCUT2D eigenvalue weighted by Crippen LogP contribution is 2.32. The second-order valence-electron chi connectivity index (χ2n) is 19.5. The Hall–Kier alpha value is -0.152. The molecule has 0 saturated heterocycles. The second kappa shape index (κ2) is 35.3. The molecular formula is C48H98O6Si4. The Balaban J connectivity index is 2.94. The molecule has 58 heavy (non-hydrogen) atoms. The van der Waals surface area contributed by atoms with Crippen LogP contribution in [0.4, 0.5) is 0 Å². The van der Waals surface area contributed by atoms with Crippen molar-refractivity contribution in [3.05, 3.63) is 30.3 Å². The lowest BCUT2D eigenvalue weighted by molar-refractivity contribution is 0.266. The summed E-state index contributed by atoms with van der Waals surface area (Å²) in [7, 11) is -9.66. The summed E-state index contributed by atoms with van der Waals surface area (Å²) in [6.07, 6.45) is 37.5. The van der Waals surface area contributed by atoms with E-state index in [-0.39, 0.29) is 0 Å². The topological polar surface area (TPSA) is 88.4 Å². The van der Waals surface area contributed by atoms with Crippen LogP contribution in [0.2, 0.25) is 57.4 Å². The molecule has 10 heteroatoms. The van der Waals surface area contributed by atoms with E-state index in [1.54, 1.807) is 0 Å². The Morgan fingerprint density at radius 3 is 0.741 bits per heavy atom. The van der Waals surface area contributed by atoms with Crippen molar-refractivity contribution in [1.82, 2.24) is 0 Å². The third-order valence-corrected chi connectivity index (χ3v) is 27.5. The maximum absolute atomic E-state index is 9.02. The minimum Gasteiger partial charge on any atom is -0.413 e. The van der Waals surface area contributed by atoms with Gasteiger partial charge in [0.25, 0.3) is 0 Å². The van der Waals surface area contributed by atoms with E-state index < -0.39 is 33.8 Å². The highest BCUT2D eigenvalue weighted by molar-refractivity contribution is 6.96. The number of rotatable bonds is 43. The summed E-state index contributed by atoms with van der Waals surface area (Å²) < 4.78 is 22.9. The fourth-order valence-electron chi connectivity index (χ4n) is 8.36. The lowest BCUT2D eigenvalue weighted by atomic mass is 10.1. The predicted molar refractivity (Wildman–Crippen MR) is 262 cm³/mol. The first-order valence-corrected chi connectivity index (χ1v) is 36.0. The van der Waals surface area contributed by atoms with Crippen LogP contribution in [0.15, 0.2) is 30.3 Å². The number of aliphatic hydroxyl groups excluding tert-OH is 3. The molecule has 0 radical (unpaired) electrons. The van der Waals surface area contributed by atoms with Crippen LogP contribution in [0, 0.1) is 0 Å². The average molecular weight is 884 g/mol. The zero-order valence-electron chi connectivity index (χ0n) is 39.4. The first-order chi connectivity index (χ1) is 27.9. The normalized spacial score (nSPS) is 12.8. The molecule has 1 aromatic carbocycles. The summed E-state index contributed by atoms with van der Waals surface area (Å²) in [6, 6.07) is 14.4. The standard InChI is InChI=1S/C48H98O6Si4/c1-55(2,45-37-28-22-16-10-7-13-19-25-34-42-49)52-58(48-40-32-31-33-41-48,53-56(3,4)46-38-29-23-17-11-8-14-20-26-35-43-50)54-57(5,6)47-39-30-24-18-12-9-15-21-27-36-44-51/h31-33,40-41,49-51H,7-30,34-39,42-47H2,1-6H3. The Labute approximate surface area is 365 Å². The zero-order chi connectivity index (χ0) is 42.7. The van der Waals surface area contributed by atoms with Crippen LogP contribution >= 0.6 is 0 Å². The van der Waals surface area contributed by atoms with E-state index in [4.69, 9.17) is 27.7 Å². The fraction of sp³-hybridized carbons (Fsp3) is 0.875. The van der Waals surface area contributed by atoms with Gasteiger partial charge in [-0.1, -0.05) is 204 Å². The molecule has 0 aliphatic heterocycles. The number of hydrogen-bond donors (Lipinski definition) is 3. The SMILES string of the molecule is C[Si](C)(CCCCCCCCCCCCO)O[Si](O[Si](C)(C)CCCCCCCCCCCCO)(O[Si](C)(C)CCCCCCCCCCCCO)c1ccccc1. The molecule has 342 valence electrons. The summed E-state index contributed by atoms with van der Waals surface area (Å²) >= 11 is 0. The first kappa shape index (κ1) is 55.9. The van der Waals surface area contributed by atoms with Crippen molar-refractivity contribution in [2.75, 3.05) is 19.8 Å². The molecule has 0 heterocycles. The number of unbranched alkanes of at least 4 members (excludes halogenated alkanes) is 27. The van der Waals surface area contributed by atoms with Gasteiger partial charge in [0.2, 0.25) is 0 Å². The third-order valence-electron chi connectivity index (χ3n) is 11.9. The van der Waals surface area contributed by atoms with Gasteiger partial charge in [0.15, 0.2) is 25.0 Å². The maximum atomic E-state index is 9.02. The Kier molecular flexibility index (Phi) is 34.0. The maximum Gasteiger partial charge on any atom is 0.505 e.